The van der Waals surface area contributed by atoms with E-state index in [1.54, 1.807) is 23.2 Å². The molecule has 1 atom stereocenters. The van der Waals surface area contributed by atoms with Crippen LogP contribution in [-0.2, 0) is 20.7 Å². The van der Waals surface area contributed by atoms with E-state index < -0.39 is 0 Å². The van der Waals surface area contributed by atoms with Gasteiger partial charge in [-0.05, 0) is 35.0 Å². The third-order valence-electron chi connectivity index (χ3n) is 2.79. The Bertz CT molecular complexity index is 447. The zero-order valence-corrected chi connectivity index (χ0v) is 13.7. The van der Waals surface area contributed by atoms with Gasteiger partial charge in [0.2, 0.25) is 5.91 Å². The number of hydrogen-bond acceptors (Lipinski definition) is 4. The van der Waals surface area contributed by atoms with Crippen LogP contribution < -0.4 is 0 Å². The van der Waals surface area contributed by atoms with Gasteiger partial charge < -0.3 is 9.64 Å². The molecule has 1 aromatic heterocycles. The Balaban J connectivity index is 2.59. The van der Waals surface area contributed by atoms with Gasteiger partial charge in [-0.1, -0.05) is 6.92 Å². The molecule has 0 saturated carbocycles. The molecule has 0 radical (unpaired) electrons. The Labute approximate surface area is 125 Å². The predicted molar refractivity (Wildman–Crippen MR) is 79.2 cm³/mol. The van der Waals surface area contributed by atoms with E-state index in [1.165, 1.54) is 7.11 Å². The summed E-state index contributed by atoms with van der Waals surface area (Å²) in [4.78, 5) is 26.3. The zero-order chi connectivity index (χ0) is 14.4. The van der Waals surface area contributed by atoms with Gasteiger partial charge in [0, 0.05) is 18.0 Å². The Kier molecular flexibility index (Phi) is 6.51. The fraction of sp³-hybridized carbons (Fsp3) is 0.538. The topological polar surface area (TPSA) is 46.6 Å². The summed E-state index contributed by atoms with van der Waals surface area (Å²) in [5, 5.41) is 0. The number of rotatable bonds is 6. The highest BCUT2D eigenvalue weighted by Crippen LogP contribution is 2.22. The number of amides is 1. The van der Waals surface area contributed by atoms with E-state index in [9.17, 15) is 9.59 Å². The van der Waals surface area contributed by atoms with E-state index in [2.05, 4.69) is 20.7 Å². The first-order chi connectivity index (χ1) is 8.97. The zero-order valence-electron chi connectivity index (χ0n) is 11.3. The number of nitrogens with zero attached hydrogens (tertiary/aromatic N) is 1. The van der Waals surface area contributed by atoms with Crippen LogP contribution >= 0.6 is 27.3 Å². The van der Waals surface area contributed by atoms with Crippen molar-refractivity contribution < 1.29 is 14.3 Å². The van der Waals surface area contributed by atoms with Crippen LogP contribution in [0.3, 0.4) is 0 Å². The monoisotopic (exact) mass is 347 g/mol. The molecule has 0 aliphatic rings. The molecule has 1 aromatic rings. The molecule has 1 heterocycles. The van der Waals surface area contributed by atoms with Gasteiger partial charge in [-0.15, -0.1) is 11.3 Å². The maximum absolute atomic E-state index is 12.2. The molecule has 0 aromatic carbocycles. The molecule has 0 bridgehead atoms. The summed E-state index contributed by atoms with van der Waals surface area (Å²) in [5.41, 5.74) is 0. The maximum Gasteiger partial charge on any atom is 0.310 e. The Hall–Kier alpha value is -0.880. The first-order valence-corrected chi connectivity index (χ1v) is 7.68. The van der Waals surface area contributed by atoms with E-state index in [0.717, 1.165) is 8.66 Å². The average Bonchev–Trinajstić information content (AvgIpc) is 2.79. The minimum absolute atomic E-state index is 0.0348. The highest BCUT2D eigenvalue weighted by molar-refractivity contribution is 9.11. The molecule has 106 valence electrons. The SMILES string of the molecule is CCN(C[C@H](C)C(=O)OC)C(=O)Cc1ccc(Br)s1. The Morgan fingerprint density at radius 1 is 1.47 bits per heavy atom. The van der Waals surface area contributed by atoms with E-state index in [-0.39, 0.29) is 17.8 Å². The normalized spacial score (nSPS) is 12.0. The lowest BCUT2D eigenvalue weighted by molar-refractivity contribution is -0.146. The van der Waals surface area contributed by atoms with Gasteiger partial charge in [-0.25, -0.2) is 0 Å². The van der Waals surface area contributed by atoms with Gasteiger partial charge in [0.05, 0.1) is 23.2 Å². The van der Waals surface area contributed by atoms with E-state index in [4.69, 9.17) is 0 Å². The van der Waals surface area contributed by atoms with Gasteiger partial charge in [-0.3, -0.25) is 9.59 Å². The van der Waals surface area contributed by atoms with Gasteiger partial charge in [0.25, 0.3) is 0 Å². The minimum Gasteiger partial charge on any atom is -0.469 e. The molecule has 0 fully saturated rings. The summed E-state index contributed by atoms with van der Waals surface area (Å²) in [5.74, 6) is -0.554. The molecular formula is C13H18BrNO3S. The lowest BCUT2D eigenvalue weighted by atomic mass is 10.1. The molecule has 0 N–H and O–H groups in total. The fourth-order valence-electron chi connectivity index (χ4n) is 1.72. The van der Waals surface area contributed by atoms with Crippen LogP contribution in [0.2, 0.25) is 0 Å². The lowest BCUT2D eigenvalue weighted by Crippen LogP contribution is -2.37. The van der Waals surface area contributed by atoms with Crippen LogP contribution in [0.25, 0.3) is 0 Å². The molecule has 0 saturated heterocycles. The minimum atomic E-state index is -0.302. The third-order valence-corrected chi connectivity index (χ3v) is 4.41. The molecular weight excluding hydrogens is 330 g/mol. The summed E-state index contributed by atoms with van der Waals surface area (Å²) in [6, 6.07) is 3.87. The van der Waals surface area contributed by atoms with Crippen molar-refractivity contribution in [2.75, 3.05) is 20.2 Å². The molecule has 0 unspecified atom stereocenters. The van der Waals surface area contributed by atoms with Crippen LogP contribution in [0.5, 0.6) is 0 Å². The van der Waals surface area contributed by atoms with Crippen LogP contribution in [0.1, 0.15) is 18.7 Å². The first-order valence-electron chi connectivity index (χ1n) is 6.07. The van der Waals surface area contributed by atoms with E-state index >= 15 is 0 Å². The highest BCUT2D eigenvalue weighted by Gasteiger charge is 2.20. The van der Waals surface area contributed by atoms with Gasteiger partial charge in [-0.2, -0.15) is 0 Å². The van der Waals surface area contributed by atoms with Crippen LogP contribution in [0, 0.1) is 5.92 Å². The Morgan fingerprint density at radius 3 is 2.63 bits per heavy atom. The van der Waals surface area contributed by atoms with Crippen molar-refractivity contribution in [1.29, 1.82) is 0 Å². The summed E-state index contributed by atoms with van der Waals surface area (Å²) in [7, 11) is 1.36. The second-order valence-corrected chi connectivity index (χ2v) is 6.79. The summed E-state index contributed by atoms with van der Waals surface area (Å²) in [6.45, 7) is 4.66. The summed E-state index contributed by atoms with van der Waals surface area (Å²) in [6.07, 6.45) is 0.373. The molecule has 6 heteroatoms. The second-order valence-electron chi connectivity index (χ2n) is 4.24. The Morgan fingerprint density at radius 2 is 2.16 bits per heavy atom. The first kappa shape index (κ1) is 16.2. The van der Waals surface area contributed by atoms with Crippen molar-refractivity contribution >= 4 is 39.1 Å². The quantitative estimate of drug-likeness (QED) is 0.743. The van der Waals surface area contributed by atoms with Crippen LogP contribution in [-0.4, -0.2) is 37.0 Å². The average molecular weight is 348 g/mol. The summed E-state index contributed by atoms with van der Waals surface area (Å²) >= 11 is 4.93. The lowest BCUT2D eigenvalue weighted by Gasteiger charge is -2.23. The van der Waals surface area contributed by atoms with E-state index in [1.807, 2.05) is 19.1 Å². The van der Waals surface area contributed by atoms with Gasteiger partial charge in [0.1, 0.15) is 0 Å². The molecule has 1 amide bonds. The highest BCUT2D eigenvalue weighted by atomic mass is 79.9. The van der Waals surface area contributed by atoms with Crippen LogP contribution in [0.15, 0.2) is 15.9 Å². The number of halogens is 1. The van der Waals surface area contributed by atoms with Crippen molar-refractivity contribution in [3.63, 3.8) is 0 Å². The van der Waals surface area contributed by atoms with E-state index in [0.29, 0.717) is 19.5 Å². The second kappa shape index (κ2) is 7.65. The molecule has 0 aliphatic heterocycles. The molecule has 0 aliphatic carbocycles. The van der Waals surface area contributed by atoms with Crippen molar-refractivity contribution in [2.24, 2.45) is 5.92 Å². The van der Waals surface area contributed by atoms with Gasteiger partial charge in [0.15, 0.2) is 0 Å². The molecule has 19 heavy (non-hydrogen) atoms. The standard InChI is InChI=1S/C13H18BrNO3S/c1-4-15(8-9(2)13(17)18-3)12(16)7-10-5-6-11(14)19-10/h5-6,9H,4,7-8H2,1-3H3/t9-/m0/s1. The number of thiophene rings is 1. The summed E-state index contributed by atoms with van der Waals surface area (Å²) < 4.78 is 5.69. The largest absolute Gasteiger partial charge is 0.469 e. The predicted octanol–water partition coefficient (Wildman–Crippen LogP) is 2.71. The number of ether oxygens (including phenoxy) is 1. The number of likely N-dealkylation sites (N-methyl/N-ethyl adjacent to an activating group) is 1. The smallest absolute Gasteiger partial charge is 0.310 e. The van der Waals surface area contributed by atoms with Crippen molar-refractivity contribution in [3.05, 3.63) is 20.8 Å². The van der Waals surface area contributed by atoms with Crippen LogP contribution in [0.4, 0.5) is 0 Å². The molecule has 0 spiro atoms. The van der Waals surface area contributed by atoms with Gasteiger partial charge >= 0.3 is 5.97 Å². The molecule has 1 rings (SSSR count). The fourth-order valence-corrected chi connectivity index (χ4v) is 3.20. The van der Waals surface area contributed by atoms with Crippen molar-refractivity contribution in [1.82, 2.24) is 4.90 Å². The molecule has 4 nitrogen and oxygen atoms in total. The number of hydrogen-bond donors (Lipinski definition) is 0. The number of methoxy groups -OCH3 is 1. The number of esters is 1. The van der Waals surface area contributed by atoms with Crippen molar-refractivity contribution in [2.45, 2.75) is 20.3 Å². The number of carbonyl (C=O) groups excluding carboxylic acids is 2. The maximum atomic E-state index is 12.2. The van der Waals surface area contributed by atoms with Crippen molar-refractivity contribution in [3.8, 4) is 0 Å². The third kappa shape index (κ3) is 4.95. The number of carbonyl (C=O) groups is 2.